The third-order valence-electron chi connectivity index (χ3n) is 31.7. The van der Waals surface area contributed by atoms with E-state index in [9.17, 15) is 20.2 Å². The van der Waals surface area contributed by atoms with E-state index in [1.807, 2.05) is 24.3 Å². The summed E-state index contributed by atoms with van der Waals surface area (Å²) in [7, 11) is 1.80. The molecule has 0 aromatic heterocycles. The molecule has 746 valence electrons. The number of nitro benzene ring substituents is 2. The van der Waals surface area contributed by atoms with Crippen molar-refractivity contribution in [3.63, 3.8) is 0 Å². The van der Waals surface area contributed by atoms with Crippen LogP contribution in [0.25, 0.3) is 0 Å². The first-order valence-electron chi connectivity index (χ1n) is 50.8. The van der Waals surface area contributed by atoms with Gasteiger partial charge in [-0.15, -0.1) is 0 Å². The summed E-state index contributed by atoms with van der Waals surface area (Å²) in [5.41, 5.74) is 8.32. The van der Waals surface area contributed by atoms with Gasteiger partial charge in [0.1, 0.15) is 0 Å². The molecule has 0 amide bonds. The van der Waals surface area contributed by atoms with Crippen molar-refractivity contribution in [3.05, 3.63) is 413 Å². The number of ether oxygens (including phenoxy) is 1. The predicted molar refractivity (Wildman–Crippen MR) is 664 cm³/mol. The summed E-state index contributed by atoms with van der Waals surface area (Å²) in [4.78, 5) is 29.5. The Hall–Kier alpha value is -4.08. The van der Waals surface area contributed by atoms with E-state index >= 15 is 0 Å². The molecule has 0 bridgehead atoms. The fourth-order valence-corrected chi connectivity index (χ4v) is 76.7. The van der Waals surface area contributed by atoms with E-state index in [4.69, 9.17) is 27.9 Å². The molecule has 1 fully saturated rings. The number of hydrogen-bond donors (Lipinski definition) is 0. The van der Waals surface area contributed by atoms with E-state index in [1.165, 1.54) is 84.5 Å². The van der Waals surface area contributed by atoms with Gasteiger partial charge >= 0.3 is 933 Å². The Morgan fingerprint density at radius 1 is 0.457 bits per heavy atom. The molecule has 0 heterocycles. The maximum atomic E-state index is 15.0. The molecular formula is C123H144Cl2I8N2O5. The van der Waals surface area contributed by atoms with Gasteiger partial charge in [0.05, 0.1) is 0 Å². The molecule has 17 heteroatoms. The van der Waals surface area contributed by atoms with Crippen LogP contribution in [0.3, 0.4) is 0 Å². The summed E-state index contributed by atoms with van der Waals surface area (Å²) in [6.07, 6.45) is 34.9. The first-order valence-corrected chi connectivity index (χ1v) is 69.1. The number of unbranched alkanes of at least 4 members (excludes halogenated alkanes) is 18. The van der Waals surface area contributed by atoms with Crippen LogP contribution >= 0.6 is 190 Å². The third kappa shape index (κ3) is 20.4. The zero-order chi connectivity index (χ0) is 101. The monoisotopic (exact) mass is 2810 g/mol. The number of halogens is 10. The van der Waals surface area contributed by atoms with Crippen molar-refractivity contribution in [2.75, 3.05) is 7.11 Å². The average Bonchev–Trinajstić information content (AvgIpc) is 0.588. The zero-order valence-electron chi connectivity index (χ0n) is 84.4. The van der Waals surface area contributed by atoms with E-state index < -0.39 is 53.3 Å². The van der Waals surface area contributed by atoms with Crippen LogP contribution in [-0.4, -0.2) is 27.2 Å². The van der Waals surface area contributed by atoms with Crippen LogP contribution in [0.15, 0.2) is 303 Å². The van der Waals surface area contributed by atoms with Crippen molar-refractivity contribution in [1.82, 2.24) is 0 Å². The molecule has 7 nitrogen and oxygen atoms in total. The molecule has 11 aromatic rings. The Morgan fingerprint density at radius 2 is 0.857 bits per heavy atom. The van der Waals surface area contributed by atoms with E-state index in [-0.39, 0.29) is 43.9 Å². The van der Waals surface area contributed by atoms with Crippen LogP contribution < -0.4 is 4.74 Å². The van der Waals surface area contributed by atoms with Gasteiger partial charge < -0.3 is 0 Å². The molecule has 13 rings (SSSR count). The number of nitrogens with zero attached hydrogens (tertiary/aromatic N) is 2. The Bertz CT molecular complexity index is 5920. The van der Waals surface area contributed by atoms with Crippen molar-refractivity contribution in [2.24, 2.45) is 22.7 Å². The minimum atomic E-state index is -6.52. The van der Waals surface area contributed by atoms with Gasteiger partial charge in [0.2, 0.25) is 0 Å². The predicted octanol–water partition coefficient (Wildman–Crippen LogP) is 40.4. The number of rotatable bonds is 45. The van der Waals surface area contributed by atoms with E-state index in [1.54, 1.807) is 19.2 Å². The number of benzene rings is 11. The molecule has 11 aromatic carbocycles. The van der Waals surface area contributed by atoms with Crippen molar-refractivity contribution >= 4 is 202 Å². The minimum absolute atomic E-state index is 0.0980. The summed E-state index contributed by atoms with van der Waals surface area (Å²) in [6.45, 7) is 31.1. The second-order valence-corrected chi connectivity index (χ2v) is 76.7. The number of alkyl halides is 8. The van der Waals surface area contributed by atoms with Gasteiger partial charge in [-0.1, -0.05) is 20.3 Å². The van der Waals surface area contributed by atoms with E-state index in [0.29, 0.717) is 51.3 Å². The molecule has 1 saturated carbocycles. The quantitative estimate of drug-likeness (QED) is 0.0125. The summed E-state index contributed by atoms with van der Waals surface area (Å²) < 4.78 is -0.213. The average molecular weight is 2820 g/mol. The standard InChI is InChI=1S/C123H144Cl2I8N2O5/c1-15-17-19-21-23-25-27-29-31-40-83-115(88-93-56-78-107(126)79-57-93)117(84-41-32-30-28-26-24-22-20-18-16-2,133(132,108-50-37-34-38-51-108,114(13)82-42-39-45-92(114)6)89-94-58-80-111(140-14)81-59-94)122(130,102-60-54-91(5)55-61-102)116(87-90(3)4,118(97-46-35-33-36-47-97,98-70-74-105(124)75-71-98)121(115,129)101-72-76-106(125)77-73-101)123(131,120(128,103-48-43-52-109(85-103)134(136)137)104-49-44-53-110(86-104)135(138)139)119(127,99-66-62-95(63-67-99)112(7,8)9)100-68-64-96(65-69-100)113(10,11)12/h33-39,42-82,85-86,90,92H,15-32,40-41,83-84,87-89H2,1-14H3. The van der Waals surface area contributed by atoms with Gasteiger partial charge in [0.15, 0.2) is 0 Å². The van der Waals surface area contributed by atoms with Gasteiger partial charge in [-0.25, -0.2) is 0 Å². The molecule has 9 unspecified atom stereocenters. The topological polar surface area (TPSA) is 95.5 Å². The summed E-state index contributed by atoms with van der Waals surface area (Å²) in [5.74, 6) is 0.369. The van der Waals surface area contributed by atoms with Crippen molar-refractivity contribution in [3.8, 4) is 5.75 Å². The molecule has 9 atom stereocenters. The number of aryl methyl sites for hydroxylation is 1. The maximum absolute atomic E-state index is 15.0. The van der Waals surface area contributed by atoms with Crippen molar-refractivity contribution < 1.29 is 14.6 Å². The molecule has 140 heavy (non-hydrogen) atoms. The van der Waals surface area contributed by atoms with Crippen molar-refractivity contribution in [2.45, 2.75) is 289 Å². The van der Waals surface area contributed by atoms with Crippen LogP contribution in [0, 0.1) is 57.0 Å². The van der Waals surface area contributed by atoms with Gasteiger partial charge in [0, 0.05) is 0 Å². The number of nitro groups is 2. The van der Waals surface area contributed by atoms with Crippen LogP contribution in [0.5, 0.6) is 5.75 Å². The summed E-state index contributed by atoms with van der Waals surface area (Å²) in [6, 6.07) is 107. The van der Waals surface area contributed by atoms with Crippen LogP contribution in [0.2, 0.25) is 10.0 Å². The van der Waals surface area contributed by atoms with E-state index in [2.05, 4.69) is 511 Å². The zero-order valence-corrected chi connectivity index (χ0v) is 103. The Balaban J connectivity index is 1.54. The van der Waals surface area contributed by atoms with Gasteiger partial charge in [-0.3, -0.25) is 0 Å². The molecule has 0 N–H and O–H groups in total. The molecule has 0 saturated heterocycles. The Kier molecular flexibility index (Phi) is 38.3. The Morgan fingerprint density at radius 3 is 1.29 bits per heavy atom. The fourth-order valence-electron chi connectivity index (χ4n) is 25.1. The number of non-ortho nitro benzene ring substituents is 2. The number of methoxy groups -OCH3 is 1. The second-order valence-electron chi connectivity index (χ2n) is 42.6. The summed E-state index contributed by atoms with van der Waals surface area (Å²) in [5, 5.41) is 31.2. The van der Waals surface area contributed by atoms with Gasteiger partial charge in [-0.2, -0.15) is 0 Å². The Labute approximate surface area is 941 Å². The molecule has 0 spiro atoms. The van der Waals surface area contributed by atoms with Gasteiger partial charge in [-0.05, 0) is 0 Å². The van der Waals surface area contributed by atoms with Crippen LogP contribution in [0.4, 0.5) is 11.4 Å². The molecule has 2 aliphatic rings. The molecule has 2 aliphatic carbocycles. The summed E-state index contributed by atoms with van der Waals surface area (Å²) >= 11 is 31.7. The second kappa shape index (κ2) is 47.4. The van der Waals surface area contributed by atoms with Crippen LogP contribution in [-0.2, 0) is 40.8 Å². The number of allylic oxidation sites excluding steroid dienone is 4. The first kappa shape index (κ1) is 113. The molecule has 0 radical (unpaired) electrons. The van der Waals surface area contributed by atoms with Crippen LogP contribution in [0.1, 0.15) is 303 Å². The molecular weight excluding hydrogens is 2670 g/mol. The first-order chi connectivity index (χ1) is 66.7. The van der Waals surface area contributed by atoms with Gasteiger partial charge in [0.25, 0.3) is 0 Å². The normalized spacial score (nSPS) is 22.0. The fraction of sp³-hybridized carbons (Fsp3) is 0.431. The van der Waals surface area contributed by atoms with E-state index in [0.717, 1.165) is 118 Å². The third-order valence-corrected chi connectivity index (χ3v) is 81.3. The molecule has 0 aliphatic heterocycles. The SMILES string of the molecule is CCCCCCCCCCCCC1(Cc2ccc(I)cc2)C(I)(c2ccc(Cl)cc2)C(c2ccccc2)(c2ccc(Cl)cc2)C(CC(C)C)(C(I)(C(I)(c2ccc(C(C)(C)C)cc2)c2ccc(C(C)(C)C)cc2)C(I)(c2cccc([N+](=O)[O-])c2)c2cccc([N+](=O)[O-])c2)C(I)(c2ccc(C)cc2)C1(CCCCCCCCCCCC)I(I)(Cc1ccc(OC)cc1)(c1ccccc1)C1(C)C=CC=CC1C. The van der Waals surface area contributed by atoms with Crippen molar-refractivity contribution in [1.29, 1.82) is 0 Å². The number of hydrogen-bond acceptors (Lipinski definition) is 5.